The van der Waals surface area contributed by atoms with Crippen molar-refractivity contribution in [3.8, 4) is 12.3 Å². The summed E-state index contributed by atoms with van der Waals surface area (Å²) in [6, 6.07) is 6.67. The summed E-state index contributed by atoms with van der Waals surface area (Å²) < 4.78 is 2.22. The number of rotatable bonds is 5. The number of aromatic nitrogens is 1. The van der Waals surface area contributed by atoms with E-state index < -0.39 is 0 Å². The van der Waals surface area contributed by atoms with Gasteiger partial charge in [-0.1, -0.05) is 18.9 Å². The first-order valence-electron chi connectivity index (χ1n) is 6.91. The predicted molar refractivity (Wildman–Crippen MR) is 82.2 cm³/mol. The number of hydrogen-bond donors (Lipinski definition) is 1. The molecule has 2 heteroatoms. The second kappa shape index (κ2) is 5.95. The van der Waals surface area contributed by atoms with Gasteiger partial charge in [0, 0.05) is 23.1 Å². The summed E-state index contributed by atoms with van der Waals surface area (Å²) in [4.78, 5) is 0. The van der Waals surface area contributed by atoms with Gasteiger partial charge in [0.15, 0.2) is 0 Å². The van der Waals surface area contributed by atoms with E-state index in [0.29, 0.717) is 6.54 Å². The molecule has 0 aliphatic heterocycles. The standard InChI is InChI=1S/C17H22N2/c1-5-9-18-12-15-7-8-17-16(11-15)13(3)14(4)19(17)10-6-2/h2,7-8,11,18H,5,9-10,12H2,1,3-4H3. The minimum Gasteiger partial charge on any atom is -0.333 e. The molecule has 2 aromatic rings. The number of hydrogen-bond acceptors (Lipinski definition) is 1. The molecule has 0 bridgehead atoms. The molecule has 0 atom stereocenters. The lowest BCUT2D eigenvalue weighted by molar-refractivity contribution is 0.676. The Morgan fingerprint density at radius 3 is 2.79 bits per heavy atom. The van der Waals surface area contributed by atoms with E-state index in [4.69, 9.17) is 6.42 Å². The van der Waals surface area contributed by atoms with Gasteiger partial charge in [0.2, 0.25) is 0 Å². The van der Waals surface area contributed by atoms with Crippen LogP contribution in [-0.4, -0.2) is 11.1 Å². The average molecular weight is 254 g/mol. The first-order chi connectivity index (χ1) is 9.19. The summed E-state index contributed by atoms with van der Waals surface area (Å²) in [7, 11) is 0. The van der Waals surface area contributed by atoms with Crippen molar-refractivity contribution in [2.24, 2.45) is 0 Å². The van der Waals surface area contributed by atoms with Gasteiger partial charge in [-0.3, -0.25) is 0 Å². The first kappa shape index (κ1) is 13.7. The van der Waals surface area contributed by atoms with Gasteiger partial charge in [-0.05, 0) is 50.1 Å². The van der Waals surface area contributed by atoms with Crippen LogP contribution in [0.5, 0.6) is 0 Å². The third-order valence-corrected chi connectivity index (χ3v) is 3.71. The fraction of sp³-hybridized carbons (Fsp3) is 0.412. The molecule has 19 heavy (non-hydrogen) atoms. The molecule has 0 saturated heterocycles. The Hall–Kier alpha value is -1.72. The molecule has 0 amide bonds. The molecule has 1 heterocycles. The average Bonchev–Trinajstić information content (AvgIpc) is 2.65. The Morgan fingerprint density at radius 2 is 2.11 bits per heavy atom. The highest BCUT2D eigenvalue weighted by Crippen LogP contribution is 2.26. The molecule has 1 aromatic carbocycles. The highest BCUT2D eigenvalue weighted by Gasteiger charge is 2.10. The summed E-state index contributed by atoms with van der Waals surface area (Å²) in [5, 5.41) is 4.77. The van der Waals surface area contributed by atoms with Crippen molar-refractivity contribution in [1.82, 2.24) is 9.88 Å². The monoisotopic (exact) mass is 254 g/mol. The maximum atomic E-state index is 5.46. The van der Waals surface area contributed by atoms with Crippen LogP contribution in [0.1, 0.15) is 30.2 Å². The molecule has 0 spiro atoms. The Labute approximate surface area is 115 Å². The molecule has 0 saturated carbocycles. The van der Waals surface area contributed by atoms with Crippen LogP contribution >= 0.6 is 0 Å². The van der Waals surface area contributed by atoms with Crippen molar-refractivity contribution in [2.75, 3.05) is 6.54 Å². The lowest BCUT2D eigenvalue weighted by Crippen LogP contribution is -2.13. The van der Waals surface area contributed by atoms with Crippen LogP contribution in [0.25, 0.3) is 10.9 Å². The molecule has 0 fully saturated rings. The van der Waals surface area contributed by atoms with Crippen LogP contribution in [0, 0.1) is 26.2 Å². The van der Waals surface area contributed by atoms with Gasteiger partial charge in [-0.2, -0.15) is 0 Å². The number of aryl methyl sites for hydroxylation is 1. The van der Waals surface area contributed by atoms with Gasteiger partial charge in [0.05, 0.1) is 6.54 Å². The number of nitrogens with zero attached hydrogens (tertiary/aromatic N) is 1. The third kappa shape index (κ3) is 2.67. The number of fused-ring (bicyclic) bond motifs is 1. The van der Waals surface area contributed by atoms with Crippen LogP contribution in [0.3, 0.4) is 0 Å². The molecule has 2 rings (SSSR count). The van der Waals surface area contributed by atoms with Crippen molar-refractivity contribution in [3.05, 3.63) is 35.0 Å². The summed E-state index contributed by atoms with van der Waals surface area (Å²) in [6.45, 7) is 9.14. The summed E-state index contributed by atoms with van der Waals surface area (Å²) >= 11 is 0. The van der Waals surface area contributed by atoms with Crippen LogP contribution in [0.4, 0.5) is 0 Å². The number of terminal acetylenes is 1. The molecule has 1 N–H and O–H groups in total. The molecule has 0 unspecified atom stereocenters. The Bertz CT molecular complexity index is 614. The van der Waals surface area contributed by atoms with Crippen molar-refractivity contribution in [2.45, 2.75) is 40.3 Å². The van der Waals surface area contributed by atoms with E-state index in [2.05, 4.69) is 54.8 Å². The largest absolute Gasteiger partial charge is 0.333 e. The van der Waals surface area contributed by atoms with Crippen LogP contribution in [0.2, 0.25) is 0 Å². The second-order valence-corrected chi connectivity index (χ2v) is 5.03. The van der Waals surface area contributed by atoms with Crippen molar-refractivity contribution in [3.63, 3.8) is 0 Å². The van der Waals surface area contributed by atoms with E-state index in [1.165, 1.54) is 34.1 Å². The molecule has 100 valence electrons. The second-order valence-electron chi connectivity index (χ2n) is 5.03. The third-order valence-electron chi connectivity index (χ3n) is 3.71. The molecule has 2 nitrogen and oxygen atoms in total. The molecule has 0 aliphatic carbocycles. The lowest BCUT2D eigenvalue weighted by atomic mass is 10.1. The summed E-state index contributed by atoms with van der Waals surface area (Å²) in [5.41, 5.74) is 5.18. The fourth-order valence-corrected chi connectivity index (χ4v) is 2.51. The quantitative estimate of drug-likeness (QED) is 0.639. The number of benzene rings is 1. The van der Waals surface area contributed by atoms with E-state index in [1.54, 1.807) is 0 Å². The minimum atomic E-state index is 0.642. The van der Waals surface area contributed by atoms with Crippen molar-refractivity contribution >= 4 is 10.9 Å². The lowest BCUT2D eigenvalue weighted by Gasteiger charge is -2.05. The van der Waals surface area contributed by atoms with Gasteiger partial charge in [0.1, 0.15) is 0 Å². The maximum Gasteiger partial charge on any atom is 0.0837 e. The van der Waals surface area contributed by atoms with E-state index in [0.717, 1.165) is 13.1 Å². The minimum absolute atomic E-state index is 0.642. The normalized spacial score (nSPS) is 10.8. The molecule has 0 radical (unpaired) electrons. The first-order valence-corrected chi connectivity index (χ1v) is 6.91. The molecule has 1 aromatic heterocycles. The summed E-state index contributed by atoms with van der Waals surface area (Å²) in [5.74, 6) is 2.74. The van der Waals surface area contributed by atoms with Gasteiger partial charge in [0.25, 0.3) is 0 Å². The summed E-state index contributed by atoms with van der Waals surface area (Å²) in [6.07, 6.45) is 6.63. The molecular weight excluding hydrogens is 232 g/mol. The van der Waals surface area contributed by atoms with E-state index >= 15 is 0 Å². The number of nitrogens with one attached hydrogen (secondary N) is 1. The van der Waals surface area contributed by atoms with Gasteiger partial charge >= 0.3 is 0 Å². The highest BCUT2D eigenvalue weighted by molar-refractivity contribution is 5.86. The zero-order valence-electron chi connectivity index (χ0n) is 12.1. The Kier molecular flexibility index (Phi) is 4.29. The fourth-order valence-electron chi connectivity index (χ4n) is 2.51. The van der Waals surface area contributed by atoms with Gasteiger partial charge in [-0.25, -0.2) is 0 Å². The maximum absolute atomic E-state index is 5.46. The van der Waals surface area contributed by atoms with Crippen LogP contribution in [-0.2, 0) is 13.1 Å². The van der Waals surface area contributed by atoms with E-state index in [9.17, 15) is 0 Å². The predicted octanol–water partition coefficient (Wildman–Crippen LogP) is 3.39. The van der Waals surface area contributed by atoms with Crippen LogP contribution < -0.4 is 5.32 Å². The topological polar surface area (TPSA) is 17.0 Å². The molecule has 0 aliphatic rings. The van der Waals surface area contributed by atoms with Crippen molar-refractivity contribution in [1.29, 1.82) is 0 Å². The molecular formula is C17H22N2. The van der Waals surface area contributed by atoms with E-state index in [-0.39, 0.29) is 0 Å². The van der Waals surface area contributed by atoms with Gasteiger partial charge < -0.3 is 9.88 Å². The van der Waals surface area contributed by atoms with E-state index in [1.807, 2.05) is 0 Å². The zero-order chi connectivity index (χ0) is 13.8. The smallest absolute Gasteiger partial charge is 0.0837 e. The van der Waals surface area contributed by atoms with Crippen molar-refractivity contribution < 1.29 is 0 Å². The Morgan fingerprint density at radius 1 is 1.32 bits per heavy atom. The zero-order valence-corrected chi connectivity index (χ0v) is 12.1. The Balaban J connectivity index is 2.38. The SMILES string of the molecule is C#CCn1c(C)c(C)c2cc(CNCCC)ccc21. The van der Waals surface area contributed by atoms with Crippen LogP contribution in [0.15, 0.2) is 18.2 Å². The van der Waals surface area contributed by atoms with Gasteiger partial charge in [-0.15, -0.1) is 6.42 Å². The highest BCUT2D eigenvalue weighted by atomic mass is 15.0.